The lowest BCUT2D eigenvalue weighted by atomic mass is 10.1. The standard InChI is InChI=1S/C19H17N3O3/c1-25-15-7-5-14(6-8-15)22-11-20-17-10-12(2-9-16(17)19(22)24)18(23)21-13-3-4-13/h2,5-11,13H,3-4H2,1H3,(H,21,23). The third kappa shape index (κ3) is 2.98. The number of hydrogen-bond acceptors (Lipinski definition) is 4. The first kappa shape index (κ1) is 15.4. The van der Waals surface area contributed by atoms with Crippen LogP contribution in [0.1, 0.15) is 23.2 Å². The van der Waals surface area contributed by atoms with Crippen LogP contribution in [0.25, 0.3) is 16.6 Å². The molecule has 1 fully saturated rings. The molecule has 0 spiro atoms. The van der Waals surface area contributed by atoms with Gasteiger partial charge in [0.15, 0.2) is 0 Å². The van der Waals surface area contributed by atoms with E-state index < -0.39 is 0 Å². The number of hydrogen-bond donors (Lipinski definition) is 1. The van der Waals surface area contributed by atoms with Gasteiger partial charge < -0.3 is 10.1 Å². The Morgan fingerprint density at radius 3 is 2.64 bits per heavy atom. The number of carbonyl (C=O) groups is 1. The van der Waals surface area contributed by atoms with Crippen molar-refractivity contribution in [1.82, 2.24) is 14.9 Å². The maximum atomic E-state index is 12.7. The van der Waals surface area contributed by atoms with Gasteiger partial charge in [-0.15, -0.1) is 0 Å². The van der Waals surface area contributed by atoms with Gasteiger partial charge >= 0.3 is 0 Å². The van der Waals surface area contributed by atoms with Crippen molar-refractivity contribution in [3.63, 3.8) is 0 Å². The van der Waals surface area contributed by atoms with E-state index in [2.05, 4.69) is 10.3 Å². The first-order valence-electron chi connectivity index (χ1n) is 8.12. The molecule has 1 heterocycles. The Bertz CT molecular complexity index is 1000. The lowest BCUT2D eigenvalue weighted by Crippen LogP contribution is -2.25. The van der Waals surface area contributed by atoms with E-state index in [-0.39, 0.29) is 11.5 Å². The Hall–Kier alpha value is -3.15. The Labute approximate surface area is 144 Å². The zero-order valence-electron chi connectivity index (χ0n) is 13.7. The van der Waals surface area contributed by atoms with E-state index in [9.17, 15) is 9.59 Å². The van der Waals surface area contributed by atoms with Gasteiger partial charge in [-0.2, -0.15) is 0 Å². The second-order valence-corrected chi connectivity index (χ2v) is 6.10. The number of methoxy groups -OCH3 is 1. The van der Waals surface area contributed by atoms with Gasteiger partial charge in [0.2, 0.25) is 0 Å². The van der Waals surface area contributed by atoms with Crippen LogP contribution in [-0.2, 0) is 0 Å². The number of carbonyl (C=O) groups excluding carboxylic acids is 1. The van der Waals surface area contributed by atoms with Crippen LogP contribution in [-0.4, -0.2) is 28.6 Å². The molecule has 6 nitrogen and oxygen atoms in total. The quantitative estimate of drug-likeness (QED) is 0.794. The van der Waals surface area contributed by atoms with Crippen molar-refractivity contribution < 1.29 is 9.53 Å². The molecule has 0 unspecified atom stereocenters. The minimum Gasteiger partial charge on any atom is -0.497 e. The van der Waals surface area contributed by atoms with Crippen molar-refractivity contribution in [1.29, 1.82) is 0 Å². The fourth-order valence-corrected chi connectivity index (χ4v) is 2.69. The van der Waals surface area contributed by atoms with Crippen molar-refractivity contribution in [2.75, 3.05) is 7.11 Å². The van der Waals surface area contributed by atoms with Crippen LogP contribution >= 0.6 is 0 Å². The van der Waals surface area contributed by atoms with Gasteiger partial charge in [-0.25, -0.2) is 4.98 Å². The van der Waals surface area contributed by atoms with Gasteiger partial charge in [-0.05, 0) is 55.3 Å². The maximum Gasteiger partial charge on any atom is 0.265 e. The van der Waals surface area contributed by atoms with Gasteiger partial charge in [0.1, 0.15) is 12.1 Å². The highest BCUT2D eigenvalue weighted by Gasteiger charge is 2.24. The number of amides is 1. The fourth-order valence-electron chi connectivity index (χ4n) is 2.69. The topological polar surface area (TPSA) is 73.2 Å². The summed E-state index contributed by atoms with van der Waals surface area (Å²) >= 11 is 0. The van der Waals surface area contributed by atoms with E-state index in [4.69, 9.17) is 4.74 Å². The second kappa shape index (κ2) is 6.05. The van der Waals surface area contributed by atoms with Crippen LogP contribution in [0.2, 0.25) is 0 Å². The number of fused-ring (bicyclic) bond motifs is 1. The number of ether oxygens (including phenoxy) is 1. The molecule has 0 bridgehead atoms. The van der Waals surface area contributed by atoms with Crippen LogP contribution in [0.5, 0.6) is 5.75 Å². The first-order chi connectivity index (χ1) is 12.2. The number of aromatic nitrogens is 2. The predicted molar refractivity (Wildman–Crippen MR) is 94.4 cm³/mol. The third-order valence-electron chi connectivity index (χ3n) is 4.28. The molecule has 3 aromatic rings. The van der Waals surface area contributed by atoms with Crippen molar-refractivity contribution in [2.45, 2.75) is 18.9 Å². The average molecular weight is 335 g/mol. The van der Waals surface area contributed by atoms with Crippen molar-refractivity contribution in [2.24, 2.45) is 0 Å². The van der Waals surface area contributed by atoms with Crippen LogP contribution < -0.4 is 15.6 Å². The van der Waals surface area contributed by atoms with Crippen molar-refractivity contribution in [3.8, 4) is 11.4 Å². The number of rotatable bonds is 4. The lowest BCUT2D eigenvalue weighted by molar-refractivity contribution is 0.0951. The number of benzene rings is 2. The normalized spacial score (nSPS) is 13.6. The summed E-state index contributed by atoms with van der Waals surface area (Å²) in [5.41, 5.74) is 1.56. The SMILES string of the molecule is COc1ccc(-n2cnc3cc(C(=O)NC4CC4)ccc3c2=O)cc1. The summed E-state index contributed by atoms with van der Waals surface area (Å²) in [6.45, 7) is 0. The number of nitrogens with one attached hydrogen (secondary N) is 1. The van der Waals surface area contributed by atoms with Gasteiger partial charge in [0.25, 0.3) is 11.5 Å². The van der Waals surface area contributed by atoms with Crippen LogP contribution in [0.15, 0.2) is 53.6 Å². The summed E-state index contributed by atoms with van der Waals surface area (Å²) in [5.74, 6) is 0.599. The summed E-state index contributed by atoms with van der Waals surface area (Å²) in [4.78, 5) is 29.2. The monoisotopic (exact) mass is 335 g/mol. The molecule has 126 valence electrons. The Morgan fingerprint density at radius 1 is 1.20 bits per heavy atom. The van der Waals surface area contributed by atoms with Gasteiger partial charge in [-0.1, -0.05) is 0 Å². The maximum absolute atomic E-state index is 12.7. The van der Waals surface area contributed by atoms with E-state index in [1.165, 1.54) is 10.9 Å². The summed E-state index contributed by atoms with van der Waals surface area (Å²) in [7, 11) is 1.59. The van der Waals surface area contributed by atoms with Gasteiger partial charge in [0.05, 0.1) is 23.7 Å². The molecule has 0 radical (unpaired) electrons. The summed E-state index contributed by atoms with van der Waals surface area (Å²) in [5, 5.41) is 3.41. The summed E-state index contributed by atoms with van der Waals surface area (Å²) in [6, 6.07) is 12.4. The molecule has 2 aromatic carbocycles. The molecule has 0 atom stereocenters. The molecule has 1 N–H and O–H groups in total. The molecule has 1 saturated carbocycles. The van der Waals surface area contributed by atoms with Crippen molar-refractivity contribution in [3.05, 3.63) is 64.7 Å². The highest BCUT2D eigenvalue weighted by molar-refractivity contribution is 5.97. The molecule has 6 heteroatoms. The molecule has 1 aliphatic rings. The Kier molecular flexibility index (Phi) is 3.72. The largest absolute Gasteiger partial charge is 0.497 e. The average Bonchev–Trinajstić information content (AvgIpc) is 3.46. The molecule has 0 saturated heterocycles. The lowest BCUT2D eigenvalue weighted by Gasteiger charge is -2.09. The molecular formula is C19H17N3O3. The van der Waals surface area contributed by atoms with Crippen molar-refractivity contribution >= 4 is 16.8 Å². The molecule has 25 heavy (non-hydrogen) atoms. The smallest absolute Gasteiger partial charge is 0.265 e. The Balaban J connectivity index is 1.72. The van der Waals surface area contributed by atoms with Gasteiger partial charge in [0, 0.05) is 11.6 Å². The molecule has 4 rings (SSSR count). The molecule has 1 amide bonds. The second-order valence-electron chi connectivity index (χ2n) is 6.10. The molecule has 1 aromatic heterocycles. The van der Waals surface area contributed by atoms with E-state index in [1.54, 1.807) is 49.6 Å². The minimum absolute atomic E-state index is 0.120. The predicted octanol–water partition coefficient (Wildman–Crippen LogP) is 2.29. The summed E-state index contributed by atoms with van der Waals surface area (Å²) < 4.78 is 6.61. The van der Waals surface area contributed by atoms with Crippen LogP contribution in [0.4, 0.5) is 0 Å². The van der Waals surface area contributed by atoms with Crippen LogP contribution in [0.3, 0.4) is 0 Å². The van der Waals surface area contributed by atoms with E-state index in [1.807, 2.05) is 0 Å². The third-order valence-corrected chi connectivity index (χ3v) is 4.28. The Morgan fingerprint density at radius 2 is 1.96 bits per heavy atom. The zero-order valence-corrected chi connectivity index (χ0v) is 13.7. The zero-order chi connectivity index (χ0) is 17.4. The number of nitrogens with zero attached hydrogens (tertiary/aromatic N) is 2. The first-order valence-corrected chi connectivity index (χ1v) is 8.12. The molecular weight excluding hydrogens is 318 g/mol. The van der Waals surface area contributed by atoms with E-state index in [0.29, 0.717) is 28.2 Å². The van der Waals surface area contributed by atoms with E-state index >= 15 is 0 Å². The minimum atomic E-state index is -0.177. The van der Waals surface area contributed by atoms with Crippen LogP contribution in [0, 0.1) is 0 Å². The molecule has 0 aliphatic heterocycles. The summed E-state index contributed by atoms with van der Waals surface area (Å²) in [6.07, 6.45) is 3.54. The highest BCUT2D eigenvalue weighted by Crippen LogP contribution is 2.20. The fraction of sp³-hybridized carbons (Fsp3) is 0.211. The molecule has 1 aliphatic carbocycles. The highest BCUT2D eigenvalue weighted by atomic mass is 16.5. The van der Waals surface area contributed by atoms with Gasteiger partial charge in [-0.3, -0.25) is 14.2 Å². The van der Waals surface area contributed by atoms with E-state index in [0.717, 1.165) is 18.6 Å².